The minimum atomic E-state index is -0.964. The van der Waals surface area contributed by atoms with Gasteiger partial charge in [-0.05, 0) is 30.5 Å². The highest BCUT2D eigenvalue weighted by Gasteiger charge is 2.26. The Morgan fingerprint density at radius 1 is 1.41 bits per heavy atom. The average molecular weight is 235 g/mol. The zero-order chi connectivity index (χ0) is 12.4. The number of aromatic carboxylic acids is 1. The number of fused-ring (bicyclic) bond motifs is 1. The second-order valence-electron chi connectivity index (χ2n) is 3.83. The normalized spacial score (nSPS) is 14.1. The van der Waals surface area contributed by atoms with Gasteiger partial charge in [-0.15, -0.1) is 0 Å². The van der Waals surface area contributed by atoms with E-state index >= 15 is 0 Å². The van der Waals surface area contributed by atoms with E-state index in [1.807, 2.05) is 0 Å². The predicted octanol–water partition coefficient (Wildman–Crippen LogP) is 1.90. The van der Waals surface area contributed by atoms with Crippen LogP contribution in [0.15, 0.2) is 18.2 Å². The van der Waals surface area contributed by atoms with E-state index in [0.29, 0.717) is 24.2 Å². The monoisotopic (exact) mass is 235 g/mol. The molecular weight excluding hydrogens is 222 g/mol. The lowest BCUT2D eigenvalue weighted by atomic mass is 9.96. The second-order valence-corrected chi connectivity index (χ2v) is 3.83. The van der Waals surface area contributed by atoms with Crippen LogP contribution in [-0.4, -0.2) is 30.8 Å². The molecule has 1 aromatic rings. The number of carbonyl (C=O) groups excluding carboxylic acids is 1. The molecule has 1 amide bonds. The number of benzene rings is 1. The molecule has 0 saturated heterocycles. The number of hydrogen-bond donors (Lipinski definition) is 1. The third-order valence-corrected chi connectivity index (χ3v) is 2.88. The van der Waals surface area contributed by atoms with E-state index in [1.54, 1.807) is 18.2 Å². The molecule has 17 heavy (non-hydrogen) atoms. The number of ether oxygens (including phenoxy) is 1. The molecule has 0 unspecified atom stereocenters. The molecule has 1 heterocycles. The number of methoxy groups -OCH3 is 1. The Kier molecular flexibility index (Phi) is 2.99. The quantitative estimate of drug-likeness (QED) is 0.807. The molecule has 2 rings (SSSR count). The van der Waals surface area contributed by atoms with Gasteiger partial charge in [0, 0.05) is 6.54 Å². The Morgan fingerprint density at radius 3 is 2.82 bits per heavy atom. The molecule has 0 saturated carbocycles. The number of carboxylic acids is 1. The van der Waals surface area contributed by atoms with Crippen molar-refractivity contribution >= 4 is 17.7 Å². The highest BCUT2D eigenvalue weighted by Crippen LogP contribution is 2.30. The summed E-state index contributed by atoms with van der Waals surface area (Å²) in [6.07, 6.45) is 0.964. The molecule has 1 aromatic carbocycles. The summed E-state index contributed by atoms with van der Waals surface area (Å²) in [6, 6.07) is 4.95. The van der Waals surface area contributed by atoms with Crippen molar-refractivity contribution in [2.45, 2.75) is 12.8 Å². The van der Waals surface area contributed by atoms with Crippen LogP contribution in [0, 0.1) is 0 Å². The third kappa shape index (κ3) is 1.95. The van der Waals surface area contributed by atoms with Gasteiger partial charge in [0.2, 0.25) is 0 Å². The van der Waals surface area contributed by atoms with E-state index in [1.165, 1.54) is 12.0 Å². The summed E-state index contributed by atoms with van der Waals surface area (Å²) in [5, 5.41) is 9.09. The highest BCUT2D eigenvalue weighted by atomic mass is 16.5. The number of hydrogen-bond acceptors (Lipinski definition) is 3. The Labute approximate surface area is 98.6 Å². The lowest BCUT2D eigenvalue weighted by Gasteiger charge is -2.28. The summed E-state index contributed by atoms with van der Waals surface area (Å²) >= 11 is 0. The number of rotatable bonds is 1. The van der Waals surface area contributed by atoms with E-state index in [9.17, 15) is 9.59 Å². The van der Waals surface area contributed by atoms with Gasteiger partial charge in [0.25, 0.3) is 0 Å². The van der Waals surface area contributed by atoms with Crippen molar-refractivity contribution in [3.05, 3.63) is 29.3 Å². The Bertz CT molecular complexity index is 470. The van der Waals surface area contributed by atoms with Crippen molar-refractivity contribution in [2.75, 3.05) is 18.6 Å². The van der Waals surface area contributed by atoms with Crippen LogP contribution in [0.5, 0.6) is 0 Å². The Balaban J connectivity index is 2.49. The number of carboxylic acid groups (broad SMARTS) is 1. The highest BCUT2D eigenvalue weighted by molar-refractivity contribution is 5.95. The van der Waals surface area contributed by atoms with Crippen molar-refractivity contribution in [1.82, 2.24) is 0 Å². The number of carbonyl (C=O) groups is 2. The smallest absolute Gasteiger partial charge is 0.414 e. The Morgan fingerprint density at radius 2 is 2.18 bits per heavy atom. The molecule has 0 radical (unpaired) electrons. The Hall–Kier alpha value is -2.04. The van der Waals surface area contributed by atoms with Gasteiger partial charge in [-0.2, -0.15) is 0 Å². The van der Waals surface area contributed by atoms with E-state index in [0.717, 1.165) is 6.42 Å². The summed E-state index contributed by atoms with van der Waals surface area (Å²) < 4.78 is 4.69. The molecule has 90 valence electrons. The minimum absolute atomic E-state index is 0.260. The first kappa shape index (κ1) is 11.4. The van der Waals surface area contributed by atoms with Crippen molar-refractivity contribution < 1.29 is 19.4 Å². The van der Waals surface area contributed by atoms with Gasteiger partial charge in [-0.3, -0.25) is 4.90 Å². The summed E-state index contributed by atoms with van der Waals surface area (Å²) in [4.78, 5) is 24.1. The van der Waals surface area contributed by atoms with Crippen LogP contribution in [-0.2, 0) is 11.2 Å². The summed E-state index contributed by atoms with van der Waals surface area (Å²) in [5.41, 5.74) is 1.61. The molecule has 1 aliphatic rings. The number of nitrogens with zero attached hydrogens (tertiary/aromatic N) is 1. The maximum absolute atomic E-state index is 11.6. The first-order valence-corrected chi connectivity index (χ1v) is 5.36. The zero-order valence-electron chi connectivity index (χ0n) is 9.47. The van der Waals surface area contributed by atoms with E-state index in [4.69, 9.17) is 5.11 Å². The van der Waals surface area contributed by atoms with Crippen LogP contribution in [0.25, 0.3) is 0 Å². The predicted molar refractivity (Wildman–Crippen MR) is 61.5 cm³/mol. The van der Waals surface area contributed by atoms with Crippen LogP contribution in [0.2, 0.25) is 0 Å². The maximum atomic E-state index is 11.6. The SMILES string of the molecule is COC(=O)N1CCCc2c(C(=O)O)cccc21. The first-order chi connectivity index (χ1) is 8.15. The first-order valence-electron chi connectivity index (χ1n) is 5.36. The second kappa shape index (κ2) is 4.45. The molecular formula is C12H13NO4. The van der Waals surface area contributed by atoms with E-state index in [2.05, 4.69) is 4.74 Å². The lowest BCUT2D eigenvalue weighted by Crippen LogP contribution is -2.35. The van der Waals surface area contributed by atoms with Crippen molar-refractivity contribution in [1.29, 1.82) is 0 Å². The van der Waals surface area contributed by atoms with Crippen LogP contribution < -0.4 is 4.90 Å². The van der Waals surface area contributed by atoms with Crippen LogP contribution in [0.1, 0.15) is 22.3 Å². The van der Waals surface area contributed by atoms with Gasteiger partial charge in [-0.1, -0.05) is 6.07 Å². The average Bonchev–Trinajstić information content (AvgIpc) is 2.36. The fourth-order valence-corrected chi connectivity index (χ4v) is 2.12. The molecule has 5 heteroatoms. The molecule has 0 aliphatic carbocycles. The van der Waals surface area contributed by atoms with Gasteiger partial charge in [0.05, 0.1) is 18.4 Å². The number of amides is 1. The molecule has 0 spiro atoms. The van der Waals surface area contributed by atoms with E-state index in [-0.39, 0.29) is 5.56 Å². The minimum Gasteiger partial charge on any atom is -0.478 e. The molecule has 0 aromatic heterocycles. The molecule has 0 bridgehead atoms. The van der Waals surface area contributed by atoms with Gasteiger partial charge >= 0.3 is 12.1 Å². The molecule has 0 atom stereocenters. The third-order valence-electron chi connectivity index (χ3n) is 2.88. The van der Waals surface area contributed by atoms with Crippen LogP contribution in [0.3, 0.4) is 0 Å². The largest absolute Gasteiger partial charge is 0.478 e. The topological polar surface area (TPSA) is 66.8 Å². The van der Waals surface area contributed by atoms with Crippen LogP contribution >= 0.6 is 0 Å². The van der Waals surface area contributed by atoms with Gasteiger partial charge in [0.15, 0.2) is 0 Å². The van der Waals surface area contributed by atoms with Crippen molar-refractivity contribution in [3.8, 4) is 0 Å². The molecule has 5 nitrogen and oxygen atoms in total. The summed E-state index contributed by atoms with van der Waals surface area (Å²) in [6.45, 7) is 0.558. The fraction of sp³-hybridized carbons (Fsp3) is 0.333. The lowest BCUT2D eigenvalue weighted by molar-refractivity contribution is 0.0695. The summed E-state index contributed by atoms with van der Waals surface area (Å²) in [5.74, 6) is -0.964. The van der Waals surface area contributed by atoms with Gasteiger partial charge in [0.1, 0.15) is 0 Å². The van der Waals surface area contributed by atoms with Crippen molar-refractivity contribution in [2.24, 2.45) is 0 Å². The molecule has 0 fully saturated rings. The molecule has 1 N–H and O–H groups in total. The van der Waals surface area contributed by atoms with E-state index < -0.39 is 12.1 Å². The standard InChI is InChI=1S/C12H13NO4/c1-17-12(16)13-7-3-5-8-9(11(14)15)4-2-6-10(8)13/h2,4,6H,3,5,7H2,1H3,(H,14,15). The van der Waals surface area contributed by atoms with Gasteiger partial charge in [-0.25, -0.2) is 9.59 Å². The fourth-order valence-electron chi connectivity index (χ4n) is 2.12. The molecule has 1 aliphatic heterocycles. The van der Waals surface area contributed by atoms with Crippen LogP contribution in [0.4, 0.5) is 10.5 Å². The zero-order valence-corrected chi connectivity index (χ0v) is 9.47. The van der Waals surface area contributed by atoms with Crippen molar-refractivity contribution in [3.63, 3.8) is 0 Å². The van der Waals surface area contributed by atoms with Gasteiger partial charge < -0.3 is 9.84 Å². The maximum Gasteiger partial charge on any atom is 0.414 e. The number of anilines is 1. The summed E-state index contributed by atoms with van der Waals surface area (Å²) in [7, 11) is 1.32.